The van der Waals surface area contributed by atoms with Crippen LogP contribution >= 0.6 is 11.6 Å². The van der Waals surface area contributed by atoms with E-state index in [1.807, 2.05) is 0 Å². The zero-order valence-electron chi connectivity index (χ0n) is 5.73. The fourth-order valence-corrected chi connectivity index (χ4v) is 0.819. The summed E-state index contributed by atoms with van der Waals surface area (Å²) in [6.07, 6.45) is 0.485. The van der Waals surface area contributed by atoms with Gasteiger partial charge in [0.1, 0.15) is 0 Å². The van der Waals surface area contributed by atoms with E-state index < -0.39 is 4.92 Å². The number of halogens is 1. The van der Waals surface area contributed by atoms with Crippen LogP contribution < -0.4 is 0 Å². The summed E-state index contributed by atoms with van der Waals surface area (Å²) >= 11 is 5.43. The van der Waals surface area contributed by atoms with E-state index in [4.69, 9.17) is 11.6 Å². The Kier molecular flexibility index (Phi) is 2.35. The lowest BCUT2D eigenvalue weighted by Gasteiger charge is -1.92. The Bertz CT molecular complexity index is 340. The van der Waals surface area contributed by atoms with Gasteiger partial charge in [-0.25, -0.2) is 0 Å². The van der Waals surface area contributed by atoms with Crippen LogP contribution in [0.25, 0.3) is 0 Å². The van der Waals surface area contributed by atoms with E-state index in [0.29, 0.717) is 6.29 Å². The summed E-state index contributed by atoms with van der Waals surface area (Å²) in [6, 6.07) is 2.37. The molecule has 0 unspecified atom stereocenters. The first kappa shape index (κ1) is 8.61. The van der Waals surface area contributed by atoms with Crippen LogP contribution in [0.2, 0.25) is 5.15 Å². The molecule has 0 aliphatic carbocycles. The molecule has 12 heavy (non-hydrogen) atoms. The third kappa shape index (κ3) is 1.57. The second kappa shape index (κ2) is 3.27. The van der Waals surface area contributed by atoms with Gasteiger partial charge < -0.3 is 10.1 Å². The van der Waals surface area contributed by atoms with Gasteiger partial charge in [-0.05, 0) is 27.6 Å². The SMILES string of the molecule is O=Cc1ccc([N+](=O)[O-])nc1Cl. The van der Waals surface area contributed by atoms with Crippen molar-refractivity contribution in [3.63, 3.8) is 0 Å². The average Bonchev–Trinajstić information content (AvgIpc) is 2.04. The highest BCUT2D eigenvalue weighted by Crippen LogP contribution is 2.15. The second-order valence-electron chi connectivity index (χ2n) is 1.92. The molecule has 1 aromatic rings. The van der Waals surface area contributed by atoms with Gasteiger partial charge in [-0.3, -0.25) is 4.79 Å². The Balaban J connectivity index is 3.18. The fraction of sp³-hybridized carbons (Fsp3) is 0. The summed E-state index contributed by atoms with van der Waals surface area (Å²) in [7, 11) is 0. The lowest BCUT2D eigenvalue weighted by atomic mass is 10.3. The topological polar surface area (TPSA) is 73.1 Å². The first-order valence-electron chi connectivity index (χ1n) is 2.91. The minimum atomic E-state index is -0.680. The maximum Gasteiger partial charge on any atom is 0.365 e. The van der Waals surface area contributed by atoms with Crippen LogP contribution in [0.1, 0.15) is 10.4 Å². The van der Waals surface area contributed by atoms with Crippen molar-refractivity contribution in [1.29, 1.82) is 0 Å². The van der Waals surface area contributed by atoms with Crippen molar-refractivity contribution in [2.24, 2.45) is 0 Å². The van der Waals surface area contributed by atoms with Gasteiger partial charge in [0, 0.05) is 6.07 Å². The molecule has 6 heteroatoms. The van der Waals surface area contributed by atoms with Crippen molar-refractivity contribution in [2.75, 3.05) is 0 Å². The van der Waals surface area contributed by atoms with Crippen molar-refractivity contribution in [3.05, 3.63) is 33.0 Å². The molecule has 62 valence electrons. The lowest BCUT2D eigenvalue weighted by Crippen LogP contribution is -1.94. The number of hydrogen-bond acceptors (Lipinski definition) is 4. The molecule has 0 fully saturated rings. The fourth-order valence-electron chi connectivity index (χ4n) is 0.625. The molecular formula is C6H3ClN2O3. The highest BCUT2D eigenvalue weighted by atomic mass is 35.5. The molecular weight excluding hydrogens is 184 g/mol. The van der Waals surface area contributed by atoms with Gasteiger partial charge in [0.15, 0.2) is 6.29 Å². The summed E-state index contributed by atoms with van der Waals surface area (Å²) in [5, 5.41) is 10.00. The van der Waals surface area contributed by atoms with Crippen molar-refractivity contribution < 1.29 is 9.72 Å². The summed E-state index contributed by atoms with van der Waals surface area (Å²) in [4.78, 5) is 23.1. The monoisotopic (exact) mass is 186 g/mol. The normalized spacial score (nSPS) is 9.42. The van der Waals surface area contributed by atoms with Crippen LogP contribution in [0.4, 0.5) is 5.82 Å². The zero-order chi connectivity index (χ0) is 9.14. The van der Waals surface area contributed by atoms with E-state index in [1.165, 1.54) is 6.07 Å². The molecule has 0 N–H and O–H groups in total. The van der Waals surface area contributed by atoms with E-state index in [1.54, 1.807) is 0 Å². The Hall–Kier alpha value is -1.49. The van der Waals surface area contributed by atoms with Gasteiger partial charge >= 0.3 is 5.82 Å². The molecule has 0 aromatic carbocycles. The molecule has 0 atom stereocenters. The Morgan fingerprint density at radius 1 is 1.58 bits per heavy atom. The molecule has 0 spiro atoms. The number of nitro groups is 1. The number of pyridine rings is 1. The predicted molar refractivity (Wildman–Crippen MR) is 41.3 cm³/mol. The zero-order valence-corrected chi connectivity index (χ0v) is 6.49. The third-order valence-corrected chi connectivity index (χ3v) is 1.48. The molecule has 0 aliphatic heterocycles. The van der Waals surface area contributed by atoms with E-state index in [0.717, 1.165) is 6.07 Å². The Morgan fingerprint density at radius 2 is 2.25 bits per heavy atom. The molecule has 5 nitrogen and oxygen atoms in total. The quantitative estimate of drug-likeness (QED) is 0.303. The van der Waals surface area contributed by atoms with Crippen molar-refractivity contribution >= 4 is 23.7 Å². The Labute approximate surface area is 72.1 Å². The molecule has 0 amide bonds. The van der Waals surface area contributed by atoms with E-state index in [2.05, 4.69) is 4.98 Å². The van der Waals surface area contributed by atoms with Crippen LogP contribution in [0, 0.1) is 10.1 Å². The van der Waals surface area contributed by atoms with Gasteiger partial charge in [0.2, 0.25) is 0 Å². The summed E-state index contributed by atoms with van der Waals surface area (Å²) in [5.74, 6) is -0.370. The predicted octanol–water partition coefficient (Wildman–Crippen LogP) is 1.46. The first-order chi connectivity index (χ1) is 5.65. The molecule has 0 radical (unpaired) electrons. The third-order valence-electron chi connectivity index (χ3n) is 1.18. The van der Waals surface area contributed by atoms with Gasteiger partial charge in [-0.2, -0.15) is 0 Å². The number of rotatable bonds is 2. The summed E-state index contributed by atoms with van der Waals surface area (Å²) in [6.45, 7) is 0. The van der Waals surface area contributed by atoms with E-state index >= 15 is 0 Å². The molecule has 0 saturated heterocycles. The number of carbonyl (C=O) groups is 1. The minimum absolute atomic E-state index is 0.141. The number of nitrogens with zero attached hydrogens (tertiary/aromatic N) is 2. The average molecular weight is 187 g/mol. The number of aromatic nitrogens is 1. The minimum Gasteiger partial charge on any atom is -0.358 e. The van der Waals surface area contributed by atoms with Crippen LogP contribution in [0.5, 0.6) is 0 Å². The maximum atomic E-state index is 10.2. The van der Waals surface area contributed by atoms with Crippen LogP contribution in [0.3, 0.4) is 0 Å². The van der Waals surface area contributed by atoms with E-state index in [9.17, 15) is 14.9 Å². The second-order valence-corrected chi connectivity index (χ2v) is 2.28. The largest absolute Gasteiger partial charge is 0.365 e. The molecule has 0 aliphatic rings. The number of carbonyl (C=O) groups excluding carboxylic acids is 1. The van der Waals surface area contributed by atoms with Gasteiger partial charge in [-0.1, -0.05) is 0 Å². The number of aldehydes is 1. The molecule has 1 heterocycles. The maximum absolute atomic E-state index is 10.2. The smallest absolute Gasteiger partial charge is 0.358 e. The Morgan fingerprint density at radius 3 is 2.67 bits per heavy atom. The van der Waals surface area contributed by atoms with Crippen molar-refractivity contribution in [2.45, 2.75) is 0 Å². The standard InChI is InChI=1S/C6H3ClN2O3/c7-6-4(3-10)1-2-5(8-6)9(11)12/h1-3H. The lowest BCUT2D eigenvalue weighted by molar-refractivity contribution is -0.389. The van der Waals surface area contributed by atoms with Crippen molar-refractivity contribution in [3.8, 4) is 0 Å². The first-order valence-corrected chi connectivity index (χ1v) is 3.29. The molecule has 0 saturated carbocycles. The van der Waals surface area contributed by atoms with E-state index in [-0.39, 0.29) is 16.5 Å². The highest BCUT2D eigenvalue weighted by molar-refractivity contribution is 6.31. The van der Waals surface area contributed by atoms with Gasteiger partial charge in [0.05, 0.1) is 5.56 Å². The van der Waals surface area contributed by atoms with Crippen LogP contribution in [0.15, 0.2) is 12.1 Å². The van der Waals surface area contributed by atoms with Gasteiger partial charge in [-0.15, -0.1) is 0 Å². The molecule has 0 bridgehead atoms. The van der Waals surface area contributed by atoms with Crippen LogP contribution in [-0.2, 0) is 0 Å². The van der Waals surface area contributed by atoms with Gasteiger partial charge in [0.25, 0.3) is 5.15 Å². The molecule has 1 rings (SSSR count). The van der Waals surface area contributed by atoms with Crippen molar-refractivity contribution in [1.82, 2.24) is 4.98 Å². The highest BCUT2D eigenvalue weighted by Gasteiger charge is 2.12. The number of hydrogen-bond donors (Lipinski definition) is 0. The summed E-state index contributed by atoms with van der Waals surface area (Å²) < 4.78 is 0. The molecule has 1 aromatic heterocycles. The summed E-state index contributed by atoms with van der Waals surface area (Å²) in [5.41, 5.74) is 0.141. The van der Waals surface area contributed by atoms with Crippen LogP contribution in [-0.4, -0.2) is 16.2 Å².